The van der Waals surface area contributed by atoms with Crippen LogP contribution in [0.25, 0.3) is 0 Å². The maximum Gasteiger partial charge on any atom is 0.271 e. The number of carbonyl (C=O) groups is 1. The number of nitrogens with zero attached hydrogens (tertiary/aromatic N) is 2. The summed E-state index contributed by atoms with van der Waals surface area (Å²) in [5, 5.41) is 2.65. The number of amides is 1. The topological polar surface area (TPSA) is 80.9 Å². The molecule has 0 bridgehead atoms. The first kappa shape index (κ1) is 10.3. The fourth-order valence-electron chi connectivity index (χ4n) is 0.838. The SMILES string of the molecule is NC/C=C/CNC(=O)c1cnccn1. The number of carbonyl (C=O) groups excluding carboxylic acids is 1. The minimum atomic E-state index is -0.236. The van der Waals surface area contributed by atoms with Crippen LogP contribution in [0.1, 0.15) is 10.5 Å². The zero-order valence-electron chi connectivity index (χ0n) is 7.68. The number of hydrogen-bond acceptors (Lipinski definition) is 4. The third-order valence-corrected chi connectivity index (χ3v) is 1.48. The van der Waals surface area contributed by atoms with Gasteiger partial charge in [-0.25, -0.2) is 4.98 Å². The highest BCUT2D eigenvalue weighted by Crippen LogP contribution is 1.88. The summed E-state index contributed by atoms with van der Waals surface area (Å²) in [7, 11) is 0. The maximum atomic E-state index is 11.3. The number of rotatable bonds is 4. The molecule has 0 saturated heterocycles. The van der Waals surface area contributed by atoms with Crippen LogP contribution in [-0.2, 0) is 0 Å². The van der Waals surface area contributed by atoms with E-state index in [-0.39, 0.29) is 5.91 Å². The van der Waals surface area contributed by atoms with Crippen molar-refractivity contribution in [1.29, 1.82) is 0 Å². The molecule has 0 aromatic carbocycles. The minimum absolute atomic E-state index is 0.236. The Balaban J connectivity index is 2.40. The first-order valence-corrected chi connectivity index (χ1v) is 4.24. The summed E-state index contributed by atoms with van der Waals surface area (Å²) < 4.78 is 0. The smallest absolute Gasteiger partial charge is 0.271 e. The predicted molar refractivity (Wildman–Crippen MR) is 52.6 cm³/mol. The number of nitrogens with two attached hydrogens (primary N) is 1. The fraction of sp³-hybridized carbons (Fsp3) is 0.222. The molecule has 1 aromatic rings. The quantitative estimate of drug-likeness (QED) is 0.643. The zero-order chi connectivity index (χ0) is 10.2. The molecular weight excluding hydrogens is 180 g/mol. The molecule has 0 spiro atoms. The van der Waals surface area contributed by atoms with Crippen molar-refractivity contribution in [2.24, 2.45) is 5.73 Å². The molecule has 0 fully saturated rings. The van der Waals surface area contributed by atoms with Gasteiger partial charge in [0.05, 0.1) is 6.20 Å². The Labute approximate surface area is 82.1 Å². The molecule has 0 unspecified atom stereocenters. The van der Waals surface area contributed by atoms with E-state index in [0.29, 0.717) is 18.8 Å². The van der Waals surface area contributed by atoms with Gasteiger partial charge in [0.25, 0.3) is 5.91 Å². The molecule has 3 N–H and O–H groups in total. The normalized spacial score (nSPS) is 10.4. The number of nitrogens with one attached hydrogen (secondary N) is 1. The van der Waals surface area contributed by atoms with Crippen LogP contribution < -0.4 is 11.1 Å². The Morgan fingerprint density at radius 3 is 3.00 bits per heavy atom. The van der Waals surface area contributed by atoms with Crippen molar-refractivity contribution in [2.45, 2.75) is 0 Å². The third-order valence-electron chi connectivity index (χ3n) is 1.48. The van der Waals surface area contributed by atoms with Crippen LogP contribution in [-0.4, -0.2) is 29.0 Å². The highest BCUT2D eigenvalue weighted by atomic mass is 16.1. The van der Waals surface area contributed by atoms with Crippen molar-refractivity contribution in [3.8, 4) is 0 Å². The molecule has 1 aromatic heterocycles. The lowest BCUT2D eigenvalue weighted by Crippen LogP contribution is -2.24. The van der Waals surface area contributed by atoms with Gasteiger partial charge in [-0.1, -0.05) is 12.2 Å². The summed E-state index contributed by atoms with van der Waals surface area (Å²) >= 11 is 0. The lowest BCUT2D eigenvalue weighted by atomic mass is 10.4. The molecule has 1 rings (SSSR count). The third kappa shape index (κ3) is 3.32. The fourth-order valence-corrected chi connectivity index (χ4v) is 0.838. The largest absolute Gasteiger partial charge is 0.347 e. The van der Waals surface area contributed by atoms with Crippen LogP contribution in [0.15, 0.2) is 30.7 Å². The monoisotopic (exact) mass is 192 g/mol. The van der Waals surface area contributed by atoms with Crippen LogP contribution in [0.2, 0.25) is 0 Å². The summed E-state index contributed by atoms with van der Waals surface area (Å²) in [4.78, 5) is 19.0. The predicted octanol–water partition coefficient (Wildman–Crippen LogP) is -0.279. The van der Waals surface area contributed by atoms with Crippen LogP contribution in [0, 0.1) is 0 Å². The molecule has 1 heterocycles. The van der Waals surface area contributed by atoms with Gasteiger partial charge in [0.2, 0.25) is 0 Å². The van der Waals surface area contributed by atoms with Gasteiger partial charge in [-0.05, 0) is 0 Å². The first-order chi connectivity index (χ1) is 6.84. The van der Waals surface area contributed by atoms with Crippen molar-refractivity contribution in [3.63, 3.8) is 0 Å². The van der Waals surface area contributed by atoms with Gasteiger partial charge in [-0.15, -0.1) is 0 Å². The Kier molecular flexibility index (Phi) is 4.30. The molecule has 0 aliphatic rings. The summed E-state index contributed by atoms with van der Waals surface area (Å²) in [5.41, 5.74) is 5.55. The number of hydrogen-bond donors (Lipinski definition) is 2. The van der Waals surface area contributed by atoms with E-state index in [1.807, 2.05) is 0 Å². The molecule has 0 aliphatic heterocycles. The average Bonchev–Trinajstić information content (AvgIpc) is 2.25. The van der Waals surface area contributed by atoms with Gasteiger partial charge in [0.15, 0.2) is 0 Å². The van der Waals surface area contributed by atoms with Crippen LogP contribution >= 0.6 is 0 Å². The van der Waals surface area contributed by atoms with Crippen molar-refractivity contribution >= 4 is 5.91 Å². The van der Waals surface area contributed by atoms with Crippen molar-refractivity contribution < 1.29 is 4.79 Å². The molecule has 74 valence electrons. The van der Waals surface area contributed by atoms with Gasteiger partial charge in [0.1, 0.15) is 5.69 Å². The highest BCUT2D eigenvalue weighted by Gasteiger charge is 2.03. The Morgan fingerprint density at radius 2 is 2.36 bits per heavy atom. The summed E-state index contributed by atoms with van der Waals surface area (Å²) in [6, 6.07) is 0. The lowest BCUT2D eigenvalue weighted by molar-refractivity contribution is 0.0952. The summed E-state index contributed by atoms with van der Waals surface area (Å²) in [6.07, 6.45) is 7.98. The van der Waals surface area contributed by atoms with Crippen molar-refractivity contribution in [1.82, 2.24) is 15.3 Å². The number of aromatic nitrogens is 2. The Hall–Kier alpha value is -1.75. The van der Waals surface area contributed by atoms with Gasteiger partial charge in [-0.2, -0.15) is 0 Å². The second-order valence-corrected chi connectivity index (χ2v) is 2.51. The second kappa shape index (κ2) is 5.82. The molecule has 14 heavy (non-hydrogen) atoms. The molecule has 0 radical (unpaired) electrons. The van der Waals surface area contributed by atoms with E-state index in [1.165, 1.54) is 18.6 Å². The van der Waals surface area contributed by atoms with E-state index < -0.39 is 0 Å². The molecule has 5 nitrogen and oxygen atoms in total. The van der Waals surface area contributed by atoms with E-state index in [1.54, 1.807) is 12.2 Å². The van der Waals surface area contributed by atoms with E-state index in [4.69, 9.17) is 5.73 Å². The van der Waals surface area contributed by atoms with Crippen molar-refractivity contribution in [3.05, 3.63) is 36.4 Å². The van der Waals surface area contributed by atoms with E-state index in [2.05, 4.69) is 15.3 Å². The van der Waals surface area contributed by atoms with E-state index >= 15 is 0 Å². The molecular formula is C9H12N4O. The van der Waals surface area contributed by atoms with Gasteiger partial charge < -0.3 is 11.1 Å². The minimum Gasteiger partial charge on any atom is -0.347 e. The first-order valence-electron chi connectivity index (χ1n) is 4.24. The zero-order valence-corrected chi connectivity index (χ0v) is 7.68. The standard InChI is InChI=1S/C9H12N4O/c10-3-1-2-4-13-9(14)8-7-11-5-6-12-8/h1-2,5-7H,3-4,10H2,(H,13,14)/b2-1+. The Bertz CT molecular complexity index is 310. The van der Waals surface area contributed by atoms with Crippen LogP contribution in [0.4, 0.5) is 0 Å². The second-order valence-electron chi connectivity index (χ2n) is 2.51. The van der Waals surface area contributed by atoms with Crippen molar-refractivity contribution in [2.75, 3.05) is 13.1 Å². The van der Waals surface area contributed by atoms with Gasteiger partial charge >= 0.3 is 0 Å². The lowest BCUT2D eigenvalue weighted by Gasteiger charge is -1.99. The van der Waals surface area contributed by atoms with Crippen LogP contribution in [0.5, 0.6) is 0 Å². The van der Waals surface area contributed by atoms with Gasteiger partial charge in [0, 0.05) is 25.5 Å². The molecule has 5 heteroatoms. The average molecular weight is 192 g/mol. The Morgan fingerprint density at radius 1 is 1.50 bits per heavy atom. The molecule has 0 saturated carbocycles. The summed E-state index contributed by atoms with van der Waals surface area (Å²) in [5.74, 6) is -0.236. The molecule has 0 aliphatic carbocycles. The maximum absolute atomic E-state index is 11.3. The van der Waals surface area contributed by atoms with E-state index in [0.717, 1.165) is 0 Å². The summed E-state index contributed by atoms with van der Waals surface area (Å²) in [6.45, 7) is 0.924. The highest BCUT2D eigenvalue weighted by molar-refractivity contribution is 5.91. The molecule has 0 atom stereocenters. The van der Waals surface area contributed by atoms with Crippen LogP contribution in [0.3, 0.4) is 0 Å². The molecule has 1 amide bonds. The van der Waals surface area contributed by atoms with Gasteiger partial charge in [-0.3, -0.25) is 9.78 Å². The van der Waals surface area contributed by atoms with E-state index in [9.17, 15) is 4.79 Å².